The number of hydrogen-bond donors (Lipinski definition) is 0. The number of ether oxygens (including phenoxy) is 1. The lowest BCUT2D eigenvalue weighted by Gasteiger charge is -2.25. The summed E-state index contributed by atoms with van der Waals surface area (Å²) in [5, 5.41) is 0. The summed E-state index contributed by atoms with van der Waals surface area (Å²) in [5.41, 5.74) is 2.57. The van der Waals surface area contributed by atoms with Crippen LogP contribution in [0.4, 0.5) is 0 Å². The number of methoxy groups -OCH3 is 1. The molecule has 3 rings (SSSR count). The Morgan fingerprint density at radius 3 is 2.95 bits per heavy atom. The Morgan fingerprint density at radius 1 is 1.43 bits per heavy atom. The van der Waals surface area contributed by atoms with Gasteiger partial charge in [0.1, 0.15) is 5.75 Å². The van der Waals surface area contributed by atoms with Gasteiger partial charge in [0, 0.05) is 24.8 Å². The summed E-state index contributed by atoms with van der Waals surface area (Å²) < 4.78 is 7.65. The molecule has 1 aliphatic rings. The minimum atomic E-state index is 0.336. The Labute approximate surface area is 126 Å². The predicted octanol–water partition coefficient (Wildman–Crippen LogP) is 3.42. The number of rotatable bonds is 6. The van der Waals surface area contributed by atoms with Crippen molar-refractivity contribution in [3.05, 3.63) is 48.0 Å². The topological polar surface area (TPSA) is 30.3 Å². The van der Waals surface area contributed by atoms with E-state index in [4.69, 9.17) is 4.74 Å². The van der Waals surface area contributed by atoms with Gasteiger partial charge in [0.15, 0.2) is 0 Å². The largest absolute Gasteiger partial charge is 0.497 e. The fraction of sp³-hybridized carbons (Fsp3) is 0.471. The number of aromatic nitrogens is 2. The molecule has 1 saturated carbocycles. The van der Waals surface area contributed by atoms with Crippen molar-refractivity contribution in [1.82, 2.24) is 14.5 Å². The Morgan fingerprint density at radius 2 is 2.24 bits per heavy atom. The molecule has 0 radical (unpaired) electrons. The fourth-order valence-electron chi connectivity index (χ4n) is 2.68. The molecule has 0 bridgehead atoms. The molecular formula is C17H23N3O. The van der Waals surface area contributed by atoms with Gasteiger partial charge < -0.3 is 9.30 Å². The van der Waals surface area contributed by atoms with Gasteiger partial charge in [-0.2, -0.15) is 0 Å². The van der Waals surface area contributed by atoms with Crippen LogP contribution in [0.1, 0.15) is 43.1 Å². The second-order valence-corrected chi connectivity index (χ2v) is 5.89. The van der Waals surface area contributed by atoms with Crippen molar-refractivity contribution >= 4 is 0 Å². The molecule has 0 unspecified atom stereocenters. The van der Waals surface area contributed by atoms with E-state index < -0.39 is 0 Å². The quantitative estimate of drug-likeness (QED) is 0.814. The smallest absolute Gasteiger partial charge is 0.119 e. The molecule has 0 N–H and O–H groups in total. The molecule has 2 aromatic rings. The summed E-state index contributed by atoms with van der Waals surface area (Å²) in [4.78, 5) is 6.66. The van der Waals surface area contributed by atoms with Crippen LogP contribution in [0.2, 0.25) is 0 Å². The fourth-order valence-corrected chi connectivity index (χ4v) is 2.68. The molecule has 1 aromatic heterocycles. The molecule has 1 heterocycles. The van der Waals surface area contributed by atoms with Crippen molar-refractivity contribution in [2.75, 3.05) is 14.2 Å². The summed E-state index contributed by atoms with van der Waals surface area (Å²) in [6, 6.07) is 9.32. The van der Waals surface area contributed by atoms with Crippen LogP contribution in [0.5, 0.6) is 5.75 Å². The summed E-state index contributed by atoms with van der Waals surface area (Å²) in [7, 11) is 3.87. The molecule has 1 aliphatic carbocycles. The van der Waals surface area contributed by atoms with Crippen molar-refractivity contribution in [2.24, 2.45) is 0 Å². The van der Waals surface area contributed by atoms with Gasteiger partial charge >= 0.3 is 0 Å². The number of hydrogen-bond acceptors (Lipinski definition) is 3. The highest BCUT2D eigenvalue weighted by atomic mass is 16.5. The van der Waals surface area contributed by atoms with Gasteiger partial charge in [0.2, 0.25) is 0 Å². The van der Waals surface area contributed by atoms with Gasteiger partial charge in [0.25, 0.3) is 0 Å². The lowest BCUT2D eigenvalue weighted by Crippen LogP contribution is -2.23. The van der Waals surface area contributed by atoms with E-state index in [1.807, 2.05) is 24.7 Å². The monoisotopic (exact) mass is 285 g/mol. The predicted molar refractivity (Wildman–Crippen MR) is 83.4 cm³/mol. The van der Waals surface area contributed by atoms with Crippen molar-refractivity contribution in [2.45, 2.75) is 38.4 Å². The SMILES string of the molecule is COc1cccc([C@H](C)N(C)Cc2cncn2C2CC2)c1. The summed E-state index contributed by atoms with van der Waals surface area (Å²) in [6.07, 6.45) is 6.54. The van der Waals surface area contributed by atoms with Crippen LogP contribution in [0, 0.1) is 0 Å². The van der Waals surface area contributed by atoms with Gasteiger partial charge in [-0.25, -0.2) is 4.98 Å². The third kappa shape index (κ3) is 3.10. The van der Waals surface area contributed by atoms with E-state index >= 15 is 0 Å². The average Bonchev–Trinajstić information content (AvgIpc) is 3.26. The molecule has 0 saturated heterocycles. The van der Waals surface area contributed by atoms with Crippen LogP contribution >= 0.6 is 0 Å². The Balaban J connectivity index is 1.71. The molecule has 21 heavy (non-hydrogen) atoms. The summed E-state index contributed by atoms with van der Waals surface area (Å²) in [6.45, 7) is 3.14. The molecule has 1 atom stereocenters. The van der Waals surface area contributed by atoms with E-state index in [-0.39, 0.29) is 0 Å². The first kappa shape index (κ1) is 14.1. The van der Waals surface area contributed by atoms with Crippen molar-refractivity contribution < 1.29 is 4.74 Å². The van der Waals surface area contributed by atoms with Crippen LogP contribution in [0.3, 0.4) is 0 Å². The van der Waals surface area contributed by atoms with Crippen LogP contribution in [-0.2, 0) is 6.54 Å². The highest BCUT2D eigenvalue weighted by Crippen LogP contribution is 2.36. The first-order valence-corrected chi connectivity index (χ1v) is 7.54. The highest BCUT2D eigenvalue weighted by molar-refractivity contribution is 5.30. The van der Waals surface area contributed by atoms with Gasteiger partial charge in [-0.05, 0) is 44.5 Å². The van der Waals surface area contributed by atoms with E-state index in [0.717, 1.165) is 12.3 Å². The second kappa shape index (κ2) is 5.90. The molecule has 4 nitrogen and oxygen atoms in total. The standard InChI is InChI=1S/C17H23N3O/c1-13(14-5-4-6-17(9-14)21-3)19(2)11-16-10-18-12-20(16)15-7-8-15/h4-6,9-10,12-13,15H,7-8,11H2,1-3H3/t13-/m0/s1. The van der Waals surface area contributed by atoms with Gasteiger partial charge in [-0.15, -0.1) is 0 Å². The molecular weight excluding hydrogens is 262 g/mol. The number of imidazole rings is 1. The summed E-state index contributed by atoms with van der Waals surface area (Å²) in [5.74, 6) is 0.913. The van der Waals surface area contributed by atoms with E-state index in [1.54, 1.807) is 7.11 Å². The molecule has 1 fully saturated rings. The van der Waals surface area contributed by atoms with Crippen molar-refractivity contribution in [3.63, 3.8) is 0 Å². The minimum absolute atomic E-state index is 0.336. The first-order valence-electron chi connectivity index (χ1n) is 7.54. The lowest BCUT2D eigenvalue weighted by molar-refractivity contribution is 0.246. The molecule has 0 spiro atoms. The number of benzene rings is 1. The maximum absolute atomic E-state index is 5.32. The highest BCUT2D eigenvalue weighted by Gasteiger charge is 2.26. The van der Waals surface area contributed by atoms with Crippen molar-refractivity contribution in [3.8, 4) is 5.75 Å². The number of nitrogens with zero attached hydrogens (tertiary/aromatic N) is 3. The first-order chi connectivity index (χ1) is 10.2. The van der Waals surface area contributed by atoms with Crippen LogP contribution in [0.25, 0.3) is 0 Å². The Hall–Kier alpha value is -1.81. The van der Waals surface area contributed by atoms with E-state index in [1.165, 1.54) is 24.1 Å². The molecule has 0 amide bonds. The third-order valence-electron chi connectivity index (χ3n) is 4.34. The zero-order chi connectivity index (χ0) is 14.8. The van der Waals surface area contributed by atoms with Crippen LogP contribution in [0.15, 0.2) is 36.8 Å². The Bertz CT molecular complexity index is 604. The maximum atomic E-state index is 5.32. The molecule has 112 valence electrons. The van der Waals surface area contributed by atoms with Crippen LogP contribution < -0.4 is 4.74 Å². The summed E-state index contributed by atoms with van der Waals surface area (Å²) >= 11 is 0. The Kier molecular flexibility index (Phi) is 3.97. The maximum Gasteiger partial charge on any atom is 0.119 e. The van der Waals surface area contributed by atoms with Crippen molar-refractivity contribution in [1.29, 1.82) is 0 Å². The second-order valence-electron chi connectivity index (χ2n) is 5.89. The van der Waals surface area contributed by atoms with Gasteiger partial charge in [0.05, 0.1) is 19.1 Å². The van der Waals surface area contributed by atoms with E-state index in [9.17, 15) is 0 Å². The molecule has 4 heteroatoms. The lowest BCUT2D eigenvalue weighted by atomic mass is 10.1. The van der Waals surface area contributed by atoms with E-state index in [2.05, 4.69) is 40.6 Å². The minimum Gasteiger partial charge on any atom is -0.497 e. The van der Waals surface area contributed by atoms with Gasteiger partial charge in [-0.3, -0.25) is 4.90 Å². The van der Waals surface area contributed by atoms with E-state index in [0.29, 0.717) is 12.1 Å². The normalized spacial score (nSPS) is 16.2. The molecule has 1 aromatic carbocycles. The molecule has 0 aliphatic heterocycles. The zero-order valence-electron chi connectivity index (χ0n) is 13.0. The zero-order valence-corrected chi connectivity index (χ0v) is 13.0. The average molecular weight is 285 g/mol. The van der Waals surface area contributed by atoms with Crippen LogP contribution in [-0.4, -0.2) is 28.6 Å². The van der Waals surface area contributed by atoms with Gasteiger partial charge in [-0.1, -0.05) is 12.1 Å². The third-order valence-corrected chi connectivity index (χ3v) is 4.34.